The van der Waals surface area contributed by atoms with Gasteiger partial charge in [-0.25, -0.2) is 12.4 Å². The minimum Gasteiger partial charge on any atom is -0.244 e. The fourth-order valence-corrected chi connectivity index (χ4v) is 5.76. The lowest BCUT2D eigenvalue weighted by atomic mass is 10.1. The van der Waals surface area contributed by atoms with Gasteiger partial charge in [0.2, 0.25) is 0 Å². The smallest absolute Gasteiger partial charge is 0.244 e. The predicted molar refractivity (Wildman–Crippen MR) is 108 cm³/mol. The fraction of sp³-hybridized carbons (Fsp3) is 0.158. The van der Waals surface area contributed by atoms with Crippen LogP contribution in [0.4, 0.5) is 0 Å². The Hall–Kier alpha value is -1.50. The van der Waals surface area contributed by atoms with Crippen LogP contribution >= 0.6 is 27.7 Å². The Kier molecular flexibility index (Phi) is 5.14. The summed E-state index contributed by atoms with van der Waals surface area (Å²) < 4.78 is 28.8. The molecule has 0 radical (unpaired) electrons. The fourth-order valence-electron chi connectivity index (χ4n) is 2.89. The summed E-state index contributed by atoms with van der Waals surface area (Å²) in [6.07, 6.45) is 3.69. The Bertz CT molecular complexity index is 1040. The molecule has 0 N–H and O–H groups in total. The lowest BCUT2D eigenvalue weighted by molar-refractivity contribution is 0.585. The predicted octanol–water partition coefficient (Wildman–Crippen LogP) is 5.49. The van der Waals surface area contributed by atoms with Crippen molar-refractivity contribution in [3.63, 3.8) is 0 Å². The second-order valence-electron chi connectivity index (χ2n) is 5.74. The van der Waals surface area contributed by atoms with E-state index in [0.29, 0.717) is 4.90 Å². The van der Waals surface area contributed by atoms with E-state index >= 15 is 0 Å². The largest absolute Gasteiger partial charge is 0.268 e. The molecule has 130 valence electrons. The maximum Gasteiger partial charge on any atom is 0.268 e. The molecule has 0 aliphatic heterocycles. The van der Waals surface area contributed by atoms with Gasteiger partial charge in [-0.2, -0.15) is 0 Å². The topological polar surface area (TPSA) is 39.1 Å². The lowest BCUT2D eigenvalue weighted by Crippen LogP contribution is -2.14. The Morgan fingerprint density at radius 3 is 2.40 bits per heavy atom. The minimum atomic E-state index is -3.64. The molecule has 0 aliphatic rings. The molecule has 0 aliphatic carbocycles. The van der Waals surface area contributed by atoms with Crippen molar-refractivity contribution in [3.05, 3.63) is 70.5 Å². The third kappa shape index (κ3) is 3.30. The van der Waals surface area contributed by atoms with E-state index in [4.69, 9.17) is 0 Å². The zero-order chi connectivity index (χ0) is 18.2. The van der Waals surface area contributed by atoms with Crippen LogP contribution in [-0.2, 0) is 10.0 Å². The van der Waals surface area contributed by atoms with Gasteiger partial charge in [0.15, 0.2) is 0 Å². The zero-order valence-corrected chi connectivity index (χ0v) is 17.4. The molecule has 1 heterocycles. The normalized spacial score (nSPS) is 11.7. The zero-order valence-electron chi connectivity index (χ0n) is 14.2. The maximum absolute atomic E-state index is 13.2. The molecule has 0 amide bonds. The molecule has 3 aromatic rings. The molecule has 25 heavy (non-hydrogen) atoms. The Morgan fingerprint density at radius 2 is 1.76 bits per heavy atom. The molecule has 3 rings (SSSR count). The van der Waals surface area contributed by atoms with Gasteiger partial charge in [0, 0.05) is 26.8 Å². The Balaban J connectivity index is 2.24. The van der Waals surface area contributed by atoms with Gasteiger partial charge >= 0.3 is 0 Å². The van der Waals surface area contributed by atoms with Crippen molar-refractivity contribution in [2.45, 2.75) is 23.6 Å². The number of halogens is 1. The summed E-state index contributed by atoms with van der Waals surface area (Å²) in [5.74, 6) is 0. The van der Waals surface area contributed by atoms with E-state index in [1.807, 2.05) is 56.5 Å². The highest BCUT2D eigenvalue weighted by Crippen LogP contribution is 2.37. The first-order chi connectivity index (χ1) is 11.9. The summed E-state index contributed by atoms with van der Waals surface area (Å²) in [5, 5.41) is 0. The van der Waals surface area contributed by atoms with Crippen LogP contribution in [0.2, 0.25) is 0 Å². The number of benzene rings is 2. The van der Waals surface area contributed by atoms with Crippen molar-refractivity contribution in [3.8, 4) is 11.1 Å². The summed E-state index contributed by atoms with van der Waals surface area (Å²) >= 11 is 5.04. The first-order valence-electron chi connectivity index (χ1n) is 7.69. The van der Waals surface area contributed by atoms with Crippen LogP contribution < -0.4 is 0 Å². The maximum atomic E-state index is 13.2. The molecular formula is C19H18BrNO2S2. The number of hydrogen-bond acceptors (Lipinski definition) is 3. The third-order valence-corrected chi connectivity index (χ3v) is 7.45. The average Bonchev–Trinajstić information content (AvgIpc) is 2.92. The summed E-state index contributed by atoms with van der Waals surface area (Å²) in [6, 6.07) is 15.0. The van der Waals surface area contributed by atoms with E-state index < -0.39 is 10.0 Å². The van der Waals surface area contributed by atoms with Crippen molar-refractivity contribution in [1.82, 2.24) is 3.97 Å². The third-order valence-electron chi connectivity index (χ3n) is 4.12. The molecule has 0 atom stereocenters. The van der Waals surface area contributed by atoms with E-state index in [9.17, 15) is 8.42 Å². The van der Waals surface area contributed by atoms with Crippen LogP contribution in [0.3, 0.4) is 0 Å². The number of nitrogens with zero attached hydrogens (tertiary/aromatic N) is 1. The second-order valence-corrected chi connectivity index (χ2v) is 9.25. The van der Waals surface area contributed by atoms with Gasteiger partial charge < -0.3 is 0 Å². The molecule has 0 saturated heterocycles. The van der Waals surface area contributed by atoms with Gasteiger partial charge in [0.05, 0.1) is 4.90 Å². The Labute approximate surface area is 161 Å². The molecule has 0 unspecified atom stereocenters. The SMILES string of the molecule is CSc1c(-c2cccc(Br)c2)cn(S(=O)(=O)c2ccccc2C)c1C. The molecule has 6 heteroatoms. The van der Waals surface area contributed by atoms with Gasteiger partial charge in [0.25, 0.3) is 10.0 Å². The second kappa shape index (κ2) is 7.02. The summed E-state index contributed by atoms with van der Waals surface area (Å²) in [6.45, 7) is 3.67. The van der Waals surface area contributed by atoms with Crippen molar-refractivity contribution >= 4 is 37.7 Å². The van der Waals surface area contributed by atoms with Gasteiger partial charge in [-0.1, -0.05) is 46.3 Å². The van der Waals surface area contributed by atoms with Crippen LogP contribution in [0.1, 0.15) is 11.3 Å². The number of aromatic nitrogens is 1. The Morgan fingerprint density at radius 1 is 1.04 bits per heavy atom. The first kappa shape index (κ1) is 18.3. The summed E-state index contributed by atoms with van der Waals surface area (Å²) in [5.41, 5.74) is 3.38. The van der Waals surface area contributed by atoms with Gasteiger partial charge in [-0.05, 0) is 49.4 Å². The van der Waals surface area contributed by atoms with Crippen LogP contribution in [-0.4, -0.2) is 18.6 Å². The lowest BCUT2D eigenvalue weighted by Gasteiger charge is -2.10. The number of thioether (sulfide) groups is 1. The van der Waals surface area contributed by atoms with E-state index in [1.54, 1.807) is 30.1 Å². The van der Waals surface area contributed by atoms with Gasteiger partial charge in [0.1, 0.15) is 0 Å². The average molecular weight is 436 g/mol. The molecule has 1 aromatic heterocycles. The molecule has 2 aromatic carbocycles. The van der Waals surface area contributed by atoms with E-state index in [1.165, 1.54) is 3.97 Å². The van der Waals surface area contributed by atoms with Crippen molar-refractivity contribution < 1.29 is 8.42 Å². The van der Waals surface area contributed by atoms with Crippen LogP contribution in [0, 0.1) is 13.8 Å². The van der Waals surface area contributed by atoms with E-state index in [0.717, 1.165) is 31.8 Å². The number of hydrogen-bond donors (Lipinski definition) is 0. The van der Waals surface area contributed by atoms with Crippen LogP contribution in [0.25, 0.3) is 11.1 Å². The molecule has 0 saturated carbocycles. The van der Waals surface area contributed by atoms with Crippen molar-refractivity contribution in [2.24, 2.45) is 0 Å². The summed E-state index contributed by atoms with van der Waals surface area (Å²) in [4.78, 5) is 1.30. The van der Waals surface area contributed by atoms with Crippen molar-refractivity contribution in [2.75, 3.05) is 6.26 Å². The highest BCUT2D eigenvalue weighted by molar-refractivity contribution is 9.10. The molecule has 3 nitrogen and oxygen atoms in total. The highest BCUT2D eigenvalue weighted by Gasteiger charge is 2.24. The molecule has 0 spiro atoms. The van der Waals surface area contributed by atoms with Crippen molar-refractivity contribution in [1.29, 1.82) is 0 Å². The highest BCUT2D eigenvalue weighted by atomic mass is 79.9. The van der Waals surface area contributed by atoms with E-state index in [2.05, 4.69) is 15.9 Å². The molecular weight excluding hydrogens is 418 g/mol. The summed E-state index contributed by atoms with van der Waals surface area (Å²) in [7, 11) is -3.64. The van der Waals surface area contributed by atoms with E-state index in [-0.39, 0.29) is 0 Å². The first-order valence-corrected chi connectivity index (χ1v) is 11.1. The molecule has 0 fully saturated rings. The number of aryl methyl sites for hydroxylation is 1. The number of rotatable bonds is 4. The standard InChI is InChI=1S/C19H18BrNO2S2/c1-13-7-4-5-10-18(13)25(22,23)21-12-17(19(24-3)14(21)2)15-8-6-9-16(20)11-15/h4-12H,1-3H3. The minimum absolute atomic E-state index is 0.335. The quantitative estimate of drug-likeness (QED) is 0.508. The molecule has 0 bridgehead atoms. The van der Waals surface area contributed by atoms with Crippen LogP contribution in [0.15, 0.2) is 69.0 Å². The monoisotopic (exact) mass is 435 g/mol. The van der Waals surface area contributed by atoms with Gasteiger partial charge in [-0.15, -0.1) is 11.8 Å². The van der Waals surface area contributed by atoms with Crippen LogP contribution in [0.5, 0.6) is 0 Å². The van der Waals surface area contributed by atoms with Gasteiger partial charge in [-0.3, -0.25) is 0 Å².